The van der Waals surface area contributed by atoms with Gasteiger partial charge in [0.1, 0.15) is 5.69 Å². The Morgan fingerprint density at radius 2 is 2.00 bits per heavy atom. The molecule has 1 aliphatic heterocycles. The van der Waals surface area contributed by atoms with Crippen molar-refractivity contribution < 1.29 is 19.5 Å². The van der Waals surface area contributed by atoms with Crippen molar-refractivity contribution in [3.05, 3.63) is 22.5 Å². The Balaban J connectivity index is 2.27. The summed E-state index contributed by atoms with van der Waals surface area (Å²) >= 11 is 0. The van der Waals surface area contributed by atoms with E-state index in [4.69, 9.17) is 0 Å². The zero-order chi connectivity index (χ0) is 17.3. The van der Waals surface area contributed by atoms with Gasteiger partial charge in [-0.15, -0.1) is 0 Å². The van der Waals surface area contributed by atoms with E-state index in [1.54, 1.807) is 11.8 Å². The van der Waals surface area contributed by atoms with Crippen molar-refractivity contribution in [2.24, 2.45) is 11.8 Å². The van der Waals surface area contributed by atoms with Gasteiger partial charge in [-0.05, 0) is 38.2 Å². The lowest BCUT2D eigenvalue weighted by atomic mass is 9.87. The van der Waals surface area contributed by atoms with E-state index in [0.29, 0.717) is 42.9 Å². The molecule has 1 aromatic rings. The molecule has 2 atom stereocenters. The Morgan fingerprint density at radius 3 is 2.48 bits per heavy atom. The van der Waals surface area contributed by atoms with Crippen LogP contribution in [-0.2, 0) is 11.2 Å². The number of carbonyl (C=O) groups is 3. The monoisotopic (exact) mass is 320 g/mol. The third-order valence-electron chi connectivity index (χ3n) is 4.72. The zero-order valence-corrected chi connectivity index (χ0v) is 14.1. The molecule has 0 radical (unpaired) electrons. The maximum atomic E-state index is 12.8. The number of H-pyrrole nitrogens is 1. The molecule has 126 valence electrons. The van der Waals surface area contributed by atoms with Gasteiger partial charge in [0, 0.05) is 24.3 Å². The van der Waals surface area contributed by atoms with Crippen LogP contribution in [0, 0.1) is 18.8 Å². The van der Waals surface area contributed by atoms with Gasteiger partial charge >= 0.3 is 5.97 Å². The summed E-state index contributed by atoms with van der Waals surface area (Å²) in [5, 5.41) is 9.19. The average molecular weight is 320 g/mol. The molecule has 0 aliphatic carbocycles. The van der Waals surface area contributed by atoms with Crippen molar-refractivity contribution in [3.63, 3.8) is 0 Å². The van der Waals surface area contributed by atoms with Gasteiger partial charge < -0.3 is 15.0 Å². The number of hydrogen-bond donors (Lipinski definition) is 2. The van der Waals surface area contributed by atoms with E-state index < -0.39 is 11.9 Å². The minimum atomic E-state index is -0.798. The SMILES string of the molecule is CCc1c(C(=O)N2CCC(C(=O)O)C(C)C2)[nH]c(C)c1C(C)=O. The van der Waals surface area contributed by atoms with Gasteiger partial charge in [-0.2, -0.15) is 0 Å². The molecule has 0 bridgehead atoms. The van der Waals surface area contributed by atoms with Crippen LogP contribution in [0.1, 0.15) is 59.3 Å². The summed E-state index contributed by atoms with van der Waals surface area (Å²) in [5.41, 5.74) is 2.54. The van der Waals surface area contributed by atoms with Gasteiger partial charge in [-0.1, -0.05) is 13.8 Å². The van der Waals surface area contributed by atoms with Crippen molar-refractivity contribution in [1.82, 2.24) is 9.88 Å². The summed E-state index contributed by atoms with van der Waals surface area (Å²) in [5.74, 6) is -1.48. The Bertz CT molecular complexity index is 647. The number of hydrogen-bond acceptors (Lipinski definition) is 3. The first-order valence-corrected chi connectivity index (χ1v) is 8.02. The number of piperidine rings is 1. The molecule has 6 heteroatoms. The molecule has 1 aliphatic rings. The number of aromatic nitrogens is 1. The van der Waals surface area contributed by atoms with Gasteiger partial charge in [-0.25, -0.2) is 0 Å². The maximum absolute atomic E-state index is 12.8. The first kappa shape index (κ1) is 17.2. The van der Waals surface area contributed by atoms with Crippen LogP contribution in [0.15, 0.2) is 0 Å². The quantitative estimate of drug-likeness (QED) is 0.833. The van der Waals surface area contributed by atoms with Crippen LogP contribution in [0.25, 0.3) is 0 Å². The average Bonchev–Trinajstić information content (AvgIpc) is 2.82. The van der Waals surface area contributed by atoms with Crippen molar-refractivity contribution in [2.75, 3.05) is 13.1 Å². The Hall–Kier alpha value is -2.11. The Morgan fingerprint density at radius 1 is 1.35 bits per heavy atom. The zero-order valence-electron chi connectivity index (χ0n) is 14.1. The second-order valence-corrected chi connectivity index (χ2v) is 6.35. The molecule has 1 fully saturated rings. The molecule has 0 aromatic carbocycles. The molecule has 6 nitrogen and oxygen atoms in total. The van der Waals surface area contributed by atoms with Crippen LogP contribution < -0.4 is 0 Å². The lowest BCUT2D eigenvalue weighted by Crippen LogP contribution is -2.45. The Labute approximate surface area is 135 Å². The molecule has 0 saturated carbocycles. The van der Waals surface area contributed by atoms with E-state index in [9.17, 15) is 19.5 Å². The van der Waals surface area contributed by atoms with Crippen LogP contribution in [-0.4, -0.2) is 45.7 Å². The minimum absolute atomic E-state index is 0.0485. The molecular weight excluding hydrogens is 296 g/mol. The molecule has 2 N–H and O–H groups in total. The summed E-state index contributed by atoms with van der Waals surface area (Å²) in [6, 6.07) is 0. The summed E-state index contributed by atoms with van der Waals surface area (Å²) < 4.78 is 0. The second-order valence-electron chi connectivity index (χ2n) is 6.35. The molecule has 23 heavy (non-hydrogen) atoms. The number of carbonyl (C=O) groups excluding carboxylic acids is 2. The van der Waals surface area contributed by atoms with E-state index in [2.05, 4.69) is 4.98 Å². The van der Waals surface area contributed by atoms with Crippen molar-refractivity contribution in [3.8, 4) is 0 Å². The van der Waals surface area contributed by atoms with Crippen LogP contribution in [0.3, 0.4) is 0 Å². The molecular formula is C17H24N2O4. The number of amides is 1. The fourth-order valence-electron chi connectivity index (χ4n) is 3.54. The van der Waals surface area contributed by atoms with Gasteiger partial charge in [0.25, 0.3) is 5.91 Å². The third kappa shape index (κ3) is 3.16. The van der Waals surface area contributed by atoms with E-state index in [1.807, 2.05) is 13.8 Å². The lowest BCUT2D eigenvalue weighted by Gasteiger charge is -2.34. The van der Waals surface area contributed by atoms with Crippen molar-refractivity contribution >= 4 is 17.7 Å². The van der Waals surface area contributed by atoms with E-state index in [0.717, 1.165) is 5.56 Å². The van der Waals surface area contributed by atoms with E-state index in [1.165, 1.54) is 6.92 Å². The second kappa shape index (κ2) is 6.56. The van der Waals surface area contributed by atoms with Gasteiger partial charge in [0.05, 0.1) is 5.92 Å². The van der Waals surface area contributed by atoms with Crippen LogP contribution in [0.5, 0.6) is 0 Å². The summed E-state index contributed by atoms with van der Waals surface area (Å²) in [4.78, 5) is 40.6. The largest absolute Gasteiger partial charge is 0.481 e. The summed E-state index contributed by atoms with van der Waals surface area (Å²) in [6.07, 6.45) is 1.06. The first-order chi connectivity index (χ1) is 10.8. The number of likely N-dealkylation sites (tertiary alicyclic amines) is 1. The van der Waals surface area contributed by atoms with Gasteiger partial charge in [0.15, 0.2) is 5.78 Å². The number of rotatable bonds is 4. The highest BCUT2D eigenvalue weighted by molar-refractivity contribution is 6.02. The summed E-state index contributed by atoms with van der Waals surface area (Å²) in [7, 11) is 0. The number of carboxylic acid groups (broad SMARTS) is 1. The highest BCUT2D eigenvalue weighted by atomic mass is 16.4. The number of carboxylic acids is 1. The number of nitrogens with zero attached hydrogens (tertiary/aromatic N) is 1. The van der Waals surface area contributed by atoms with Crippen LogP contribution in [0.2, 0.25) is 0 Å². The number of aryl methyl sites for hydroxylation is 1. The Kier molecular flexibility index (Phi) is 4.92. The highest BCUT2D eigenvalue weighted by Gasteiger charge is 2.34. The topological polar surface area (TPSA) is 90.5 Å². The van der Waals surface area contributed by atoms with Crippen molar-refractivity contribution in [2.45, 2.75) is 40.5 Å². The highest BCUT2D eigenvalue weighted by Crippen LogP contribution is 2.27. The molecule has 2 heterocycles. The number of aliphatic carboxylic acids is 1. The first-order valence-electron chi connectivity index (χ1n) is 8.02. The number of Topliss-reactive ketones (excluding diaryl/α,β-unsaturated/α-hetero) is 1. The number of aromatic amines is 1. The molecule has 1 saturated heterocycles. The fourth-order valence-corrected chi connectivity index (χ4v) is 3.54. The standard InChI is InChI=1S/C17H24N2O4/c1-5-12-14(11(4)20)10(3)18-15(12)16(21)19-7-6-13(17(22)23)9(2)8-19/h9,13,18H,5-8H2,1-4H3,(H,22,23). The molecule has 1 amide bonds. The predicted octanol–water partition coefficient (Wildman–Crippen LogP) is 2.27. The van der Waals surface area contributed by atoms with Crippen molar-refractivity contribution in [1.29, 1.82) is 0 Å². The minimum Gasteiger partial charge on any atom is -0.481 e. The molecule has 2 unspecified atom stereocenters. The molecule has 1 aromatic heterocycles. The lowest BCUT2D eigenvalue weighted by molar-refractivity contribution is -0.145. The molecule has 0 spiro atoms. The van der Waals surface area contributed by atoms with E-state index in [-0.39, 0.29) is 17.6 Å². The predicted molar refractivity (Wildman–Crippen MR) is 85.7 cm³/mol. The maximum Gasteiger partial charge on any atom is 0.306 e. The van der Waals surface area contributed by atoms with Crippen LogP contribution in [0.4, 0.5) is 0 Å². The number of nitrogens with one attached hydrogen (secondary N) is 1. The van der Waals surface area contributed by atoms with Gasteiger partial charge in [0.2, 0.25) is 0 Å². The van der Waals surface area contributed by atoms with Gasteiger partial charge in [-0.3, -0.25) is 14.4 Å². The molecule has 2 rings (SSSR count). The summed E-state index contributed by atoms with van der Waals surface area (Å²) in [6.45, 7) is 7.93. The van der Waals surface area contributed by atoms with Crippen LogP contribution >= 0.6 is 0 Å². The third-order valence-corrected chi connectivity index (χ3v) is 4.72. The van der Waals surface area contributed by atoms with E-state index >= 15 is 0 Å². The number of ketones is 1. The smallest absolute Gasteiger partial charge is 0.306 e. The normalized spacial score (nSPS) is 21.3. The fraction of sp³-hybridized carbons (Fsp3) is 0.588.